The number of aromatic carboxylic acids is 1. The Morgan fingerprint density at radius 3 is 1.97 bits per heavy atom. The van der Waals surface area contributed by atoms with Crippen LogP contribution >= 0.6 is 0 Å². The number of rotatable bonds is 9. The molecule has 0 amide bonds. The van der Waals surface area contributed by atoms with Gasteiger partial charge in [-0.05, 0) is 54.4 Å². The molecular formula is C26H23F6LiO5. The molecule has 0 aliphatic heterocycles. The average Bonchev–Trinajstić information content (AvgIpc) is 2.82. The molecule has 0 spiro atoms. The van der Waals surface area contributed by atoms with Gasteiger partial charge in [0.05, 0.1) is 5.56 Å². The molecule has 200 valence electrons. The zero-order valence-electron chi connectivity index (χ0n) is 19.3. The topological polar surface area (TPSA) is 76.0 Å². The molecule has 0 saturated carbocycles. The third-order valence-corrected chi connectivity index (χ3v) is 5.55. The molecule has 0 radical (unpaired) electrons. The first kappa shape index (κ1) is 31.1. The molecule has 0 aliphatic rings. The molecule has 0 bridgehead atoms. The Kier molecular flexibility index (Phi) is 9.94. The van der Waals surface area contributed by atoms with Crippen LogP contribution in [0.2, 0.25) is 0 Å². The van der Waals surface area contributed by atoms with E-state index in [9.17, 15) is 36.2 Å². The number of ether oxygens (including phenoxy) is 2. The molecule has 3 aromatic carbocycles. The summed E-state index contributed by atoms with van der Waals surface area (Å²) >= 11 is 0. The van der Waals surface area contributed by atoms with Crippen molar-refractivity contribution in [3.05, 3.63) is 95.1 Å². The molecule has 38 heavy (non-hydrogen) atoms. The van der Waals surface area contributed by atoms with Crippen molar-refractivity contribution in [1.29, 1.82) is 0 Å². The van der Waals surface area contributed by atoms with Gasteiger partial charge in [0.2, 0.25) is 0 Å². The van der Waals surface area contributed by atoms with Gasteiger partial charge < -0.3 is 19.7 Å². The molecule has 0 saturated heterocycles. The molecule has 0 aromatic heterocycles. The van der Waals surface area contributed by atoms with Gasteiger partial charge in [0, 0.05) is 12.0 Å². The van der Waals surface area contributed by atoms with E-state index in [0.29, 0.717) is 17.9 Å². The zero-order chi connectivity index (χ0) is 27.4. The van der Waals surface area contributed by atoms with Crippen LogP contribution < -0.4 is 9.47 Å². The van der Waals surface area contributed by atoms with Gasteiger partial charge in [-0.25, -0.2) is 4.79 Å². The van der Waals surface area contributed by atoms with Gasteiger partial charge in [0.25, 0.3) is 5.60 Å². The molecular weight excluding hydrogens is 513 g/mol. The fourth-order valence-corrected chi connectivity index (χ4v) is 3.57. The van der Waals surface area contributed by atoms with E-state index in [4.69, 9.17) is 14.6 Å². The minimum atomic E-state index is -6.00. The predicted octanol–water partition coefficient (Wildman–Crippen LogP) is 5.43. The number of benzene rings is 3. The molecule has 0 heterocycles. The van der Waals surface area contributed by atoms with Crippen molar-refractivity contribution in [3.63, 3.8) is 0 Å². The second kappa shape index (κ2) is 12.2. The van der Waals surface area contributed by atoms with Crippen molar-refractivity contribution in [2.24, 2.45) is 0 Å². The maximum atomic E-state index is 13.3. The normalized spacial score (nSPS) is 12.8. The Morgan fingerprint density at radius 1 is 0.895 bits per heavy atom. The van der Waals surface area contributed by atoms with E-state index >= 15 is 0 Å². The van der Waals surface area contributed by atoms with E-state index in [-0.39, 0.29) is 48.8 Å². The van der Waals surface area contributed by atoms with Gasteiger partial charge in [-0.15, -0.1) is 0 Å². The number of carbonyl (C=O) groups is 1. The fourth-order valence-electron chi connectivity index (χ4n) is 3.57. The first-order valence-electron chi connectivity index (χ1n) is 10.9. The molecule has 1 atom stereocenters. The second-order valence-electron chi connectivity index (χ2n) is 8.26. The zero-order valence-corrected chi connectivity index (χ0v) is 19.3. The van der Waals surface area contributed by atoms with Crippen LogP contribution in [0, 0.1) is 6.92 Å². The summed E-state index contributed by atoms with van der Waals surface area (Å²) in [6, 6.07) is 16.6. The molecule has 0 fully saturated rings. The monoisotopic (exact) mass is 536 g/mol. The van der Waals surface area contributed by atoms with E-state index < -0.39 is 35.6 Å². The van der Waals surface area contributed by atoms with E-state index in [0.717, 1.165) is 11.6 Å². The van der Waals surface area contributed by atoms with Gasteiger partial charge >= 0.3 is 37.2 Å². The Labute approximate surface area is 226 Å². The number of alkyl halides is 6. The van der Waals surface area contributed by atoms with Crippen molar-refractivity contribution < 1.29 is 50.8 Å². The number of halogens is 6. The van der Waals surface area contributed by atoms with Crippen LogP contribution in [0.1, 0.15) is 27.0 Å². The number of carboxylic acid groups (broad SMARTS) is 1. The van der Waals surface area contributed by atoms with Crippen LogP contribution in [0.5, 0.6) is 11.5 Å². The van der Waals surface area contributed by atoms with Gasteiger partial charge in [-0.2, -0.15) is 26.3 Å². The standard InChI is InChI=1S/C26H22F6O5.Li.H/c1-16-13-19(24(35,25(27,28)29)26(30,31)32)9-12-22(16)37-21(14-17-5-3-2-4-6-17)15-36-20-10-7-18(8-11-20)23(33)34;;/h2-13,21,35H,14-15H2,1H3,(H,33,34);;/t21-;;/m1../s1. The van der Waals surface area contributed by atoms with Crippen molar-refractivity contribution in [2.75, 3.05) is 6.61 Å². The number of carboxylic acids is 1. The molecule has 3 rings (SSSR count). The van der Waals surface area contributed by atoms with Crippen LogP contribution in [0.25, 0.3) is 0 Å². The van der Waals surface area contributed by atoms with Crippen molar-refractivity contribution in [3.8, 4) is 11.5 Å². The summed E-state index contributed by atoms with van der Waals surface area (Å²) in [5.41, 5.74) is -5.61. The summed E-state index contributed by atoms with van der Waals surface area (Å²) in [5, 5.41) is 18.7. The van der Waals surface area contributed by atoms with Crippen LogP contribution in [-0.2, 0) is 12.0 Å². The first-order valence-corrected chi connectivity index (χ1v) is 10.9. The summed E-state index contributed by atoms with van der Waals surface area (Å²) in [4.78, 5) is 11.0. The van der Waals surface area contributed by atoms with Gasteiger partial charge in [-0.1, -0.05) is 36.4 Å². The minimum absolute atomic E-state index is 0. The summed E-state index contributed by atoms with van der Waals surface area (Å²) in [5.74, 6) is -0.779. The van der Waals surface area contributed by atoms with E-state index in [1.54, 1.807) is 30.3 Å². The Hall–Kier alpha value is -3.13. The van der Waals surface area contributed by atoms with Crippen LogP contribution in [-0.4, -0.2) is 60.1 Å². The van der Waals surface area contributed by atoms with Gasteiger partial charge in [0.1, 0.15) is 24.2 Å². The Balaban J connectivity index is 0.00000507. The fraction of sp³-hybridized carbons (Fsp3) is 0.269. The Bertz CT molecular complexity index is 1200. The molecule has 2 N–H and O–H groups in total. The second-order valence-corrected chi connectivity index (χ2v) is 8.26. The van der Waals surface area contributed by atoms with Crippen LogP contribution in [0.3, 0.4) is 0 Å². The summed E-state index contributed by atoms with van der Waals surface area (Å²) in [7, 11) is 0. The summed E-state index contributed by atoms with van der Waals surface area (Å²) in [6.45, 7) is 1.19. The average molecular weight is 536 g/mol. The quantitative estimate of drug-likeness (QED) is 0.282. The summed E-state index contributed by atoms with van der Waals surface area (Å²) < 4.78 is 91.1. The van der Waals surface area contributed by atoms with Crippen molar-refractivity contribution in [2.45, 2.75) is 37.4 Å². The third-order valence-electron chi connectivity index (χ3n) is 5.55. The molecule has 3 aromatic rings. The van der Waals surface area contributed by atoms with Crippen molar-refractivity contribution in [1.82, 2.24) is 0 Å². The van der Waals surface area contributed by atoms with Crippen molar-refractivity contribution >= 4 is 24.8 Å². The van der Waals surface area contributed by atoms with E-state index in [1.165, 1.54) is 31.2 Å². The number of hydrogen-bond acceptors (Lipinski definition) is 4. The SMILES string of the molecule is Cc1cc(C(O)(C(F)(F)F)C(F)(F)F)ccc1O[C@@H](COc1ccc(C(=O)O)cc1)Cc1ccccc1.[LiH]. The van der Waals surface area contributed by atoms with Crippen LogP contribution in [0.15, 0.2) is 72.8 Å². The summed E-state index contributed by atoms with van der Waals surface area (Å²) in [6.07, 6.45) is -12.4. The number of hydrogen-bond donors (Lipinski definition) is 2. The molecule has 5 nitrogen and oxygen atoms in total. The predicted molar refractivity (Wildman–Crippen MR) is 128 cm³/mol. The first-order chi connectivity index (χ1) is 17.2. The number of aryl methyl sites for hydroxylation is 1. The molecule has 12 heteroatoms. The van der Waals surface area contributed by atoms with Gasteiger partial charge in [-0.3, -0.25) is 0 Å². The third kappa shape index (κ3) is 7.04. The van der Waals surface area contributed by atoms with E-state index in [2.05, 4.69) is 0 Å². The molecule has 0 unspecified atom stereocenters. The molecule has 0 aliphatic carbocycles. The maximum absolute atomic E-state index is 13.3. The van der Waals surface area contributed by atoms with Gasteiger partial charge in [0.15, 0.2) is 0 Å². The van der Waals surface area contributed by atoms with Crippen LogP contribution in [0.4, 0.5) is 26.3 Å². The number of aliphatic hydroxyl groups is 1. The Morgan fingerprint density at radius 2 is 1.47 bits per heavy atom. The van der Waals surface area contributed by atoms with E-state index in [1.807, 2.05) is 0 Å².